The maximum absolute atomic E-state index is 13.5. The van der Waals surface area contributed by atoms with E-state index < -0.39 is 5.97 Å². The number of rotatable bonds is 7. The first-order chi connectivity index (χ1) is 14.4. The van der Waals surface area contributed by atoms with Crippen LogP contribution in [-0.4, -0.2) is 42.6 Å². The number of carbonyl (C=O) groups excluding carboxylic acids is 2. The number of methoxy groups -OCH3 is 1. The standard InChI is InChI=1S/C23H29ClN2O3S/c1-4-19(22(27)25-20-16(2)15-30-21(20)23(28)29-3)26(12-6-5-7-13-26)14-17-8-10-18(24)11-9-17/h8-11,15,19H,4-7,12-14H2,1-3H3/p+1. The molecule has 1 fully saturated rings. The molecule has 1 atom stereocenters. The molecule has 1 amide bonds. The second-order valence-corrected chi connectivity index (χ2v) is 9.35. The van der Waals surface area contributed by atoms with Gasteiger partial charge >= 0.3 is 5.97 Å². The van der Waals surface area contributed by atoms with Gasteiger partial charge in [-0.15, -0.1) is 11.3 Å². The molecule has 1 aromatic heterocycles. The number of likely N-dealkylation sites (tertiary alicyclic amines) is 1. The molecular formula is C23H30ClN2O3S+. The number of esters is 1. The lowest BCUT2D eigenvalue weighted by molar-refractivity contribution is -0.959. The number of nitrogens with zero attached hydrogens (tertiary/aromatic N) is 1. The van der Waals surface area contributed by atoms with Gasteiger partial charge in [0.05, 0.1) is 25.9 Å². The Morgan fingerprint density at radius 3 is 2.47 bits per heavy atom. The number of amides is 1. The zero-order valence-electron chi connectivity index (χ0n) is 17.9. The van der Waals surface area contributed by atoms with Crippen molar-refractivity contribution in [3.63, 3.8) is 0 Å². The third-order valence-corrected chi connectivity index (χ3v) is 7.39. The first-order valence-corrected chi connectivity index (χ1v) is 11.7. The number of piperidine rings is 1. The Morgan fingerprint density at radius 2 is 1.87 bits per heavy atom. The fraction of sp³-hybridized carbons (Fsp3) is 0.478. The van der Waals surface area contributed by atoms with Gasteiger partial charge in [0.2, 0.25) is 0 Å². The summed E-state index contributed by atoms with van der Waals surface area (Å²) in [6, 6.07) is 7.75. The van der Waals surface area contributed by atoms with Crippen LogP contribution in [0, 0.1) is 6.92 Å². The highest BCUT2D eigenvalue weighted by Gasteiger charge is 2.42. The molecule has 1 aliphatic rings. The average molecular weight is 450 g/mol. The minimum atomic E-state index is -0.417. The Labute approximate surface area is 187 Å². The largest absolute Gasteiger partial charge is 0.465 e. The number of halogens is 1. The highest BCUT2D eigenvalue weighted by atomic mass is 35.5. The number of hydrogen-bond acceptors (Lipinski definition) is 4. The van der Waals surface area contributed by atoms with Gasteiger partial charge in [0, 0.05) is 17.0 Å². The average Bonchev–Trinajstić information content (AvgIpc) is 3.10. The van der Waals surface area contributed by atoms with E-state index in [1.54, 1.807) is 0 Å². The lowest BCUT2D eigenvalue weighted by atomic mass is 9.98. The molecule has 3 rings (SSSR count). The number of carbonyl (C=O) groups is 2. The molecule has 1 aliphatic heterocycles. The Balaban J connectivity index is 1.88. The summed E-state index contributed by atoms with van der Waals surface area (Å²) in [5.74, 6) is -0.445. The summed E-state index contributed by atoms with van der Waals surface area (Å²) < 4.78 is 5.63. The summed E-state index contributed by atoms with van der Waals surface area (Å²) in [7, 11) is 1.36. The van der Waals surface area contributed by atoms with Crippen molar-refractivity contribution in [2.24, 2.45) is 0 Å². The number of aryl methyl sites for hydroxylation is 1. The molecule has 2 heterocycles. The van der Waals surface area contributed by atoms with Crippen LogP contribution in [0.5, 0.6) is 0 Å². The molecule has 162 valence electrons. The fourth-order valence-corrected chi connectivity index (χ4v) is 5.59. The topological polar surface area (TPSA) is 55.4 Å². The molecule has 7 heteroatoms. The Bertz CT molecular complexity index is 888. The van der Waals surface area contributed by atoms with Crippen molar-refractivity contribution in [3.05, 3.63) is 50.7 Å². The third kappa shape index (κ3) is 4.88. The lowest BCUT2D eigenvalue weighted by Gasteiger charge is -2.46. The number of nitrogens with one attached hydrogen (secondary N) is 1. The normalized spacial score (nSPS) is 16.7. The minimum Gasteiger partial charge on any atom is -0.465 e. The van der Waals surface area contributed by atoms with Gasteiger partial charge in [-0.3, -0.25) is 4.79 Å². The Hall–Kier alpha value is -1.89. The fourth-order valence-electron chi connectivity index (χ4n) is 4.55. The number of quaternary nitrogens is 1. The highest BCUT2D eigenvalue weighted by Crippen LogP contribution is 2.32. The molecule has 1 saturated heterocycles. The summed E-state index contributed by atoms with van der Waals surface area (Å²) in [6.07, 6.45) is 4.16. The van der Waals surface area contributed by atoms with E-state index in [9.17, 15) is 9.59 Å². The van der Waals surface area contributed by atoms with Gasteiger partial charge in [0.15, 0.2) is 6.04 Å². The smallest absolute Gasteiger partial charge is 0.350 e. The maximum atomic E-state index is 13.5. The Morgan fingerprint density at radius 1 is 1.20 bits per heavy atom. The molecule has 0 radical (unpaired) electrons. The van der Waals surface area contributed by atoms with E-state index in [2.05, 4.69) is 24.4 Å². The van der Waals surface area contributed by atoms with Gasteiger partial charge in [-0.2, -0.15) is 0 Å². The lowest BCUT2D eigenvalue weighted by Crippen LogP contribution is -2.61. The first-order valence-electron chi connectivity index (χ1n) is 10.5. The highest BCUT2D eigenvalue weighted by molar-refractivity contribution is 7.12. The van der Waals surface area contributed by atoms with Gasteiger partial charge in [0.25, 0.3) is 5.91 Å². The molecular weight excluding hydrogens is 420 g/mol. The van der Waals surface area contributed by atoms with E-state index in [1.807, 2.05) is 24.4 Å². The van der Waals surface area contributed by atoms with Crippen LogP contribution in [0.3, 0.4) is 0 Å². The molecule has 0 bridgehead atoms. The number of benzene rings is 1. The van der Waals surface area contributed by atoms with Gasteiger partial charge in [-0.25, -0.2) is 4.79 Å². The molecule has 1 aromatic carbocycles. The van der Waals surface area contributed by atoms with Gasteiger partial charge in [0.1, 0.15) is 11.4 Å². The van der Waals surface area contributed by atoms with E-state index in [4.69, 9.17) is 16.3 Å². The van der Waals surface area contributed by atoms with Crippen molar-refractivity contribution in [2.75, 3.05) is 25.5 Å². The van der Waals surface area contributed by atoms with Crippen molar-refractivity contribution in [1.29, 1.82) is 0 Å². The van der Waals surface area contributed by atoms with Crippen LogP contribution in [0.25, 0.3) is 0 Å². The molecule has 5 nitrogen and oxygen atoms in total. The van der Waals surface area contributed by atoms with Crippen LogP contribution in [0.2, 0.25) is 5.02 Å². The number of hydrogen-bond donors (Lipinski definition) is 1. The monoisotopic (exact) mass is 449 g/mol. The first kappa shape index (κ1) is 22.8. The zero-order chi connectivity index (χ0) is 21.7. The van der Waals surface area contributed by atoms with Crippen molar-refractivity contribution in [2.45, 2.75) is 52.1 Å². The molecule has 1 N–H and O–H groups in total. The number of anilines is 1. The van der Waals surface area contributed by atoms with Crippen molar-refractivity contribution in [3.8, 4) is 0 Å². The van der Waals surface area contributed by atoms with E-state index >= 15 is 0 Å². The summed E-state index contributed by atoms with van der Waals surface area (Å²) in [5, 5.41) is 5.67. The van der Waals surface area contributed by atoms with Gasteiger partial charge in [-0.1, -0.05) is 30.7 Å². The maximum Gasteiger partial charge on any atom is 0.350 e. The van der Waals surface area contributed by atoms with Crippen LogP contribution < -0.4 is 5.32 Å². The van der Waals surface area contributed by atoms with E-state index in [1.165, 1.54) is 30.4 Å². The van der Waals surface area contributed by atoms with Crippen LogP contribution in [0.1, 0.15) is 53.4 Å². The van der Waals surface area contributed by atoms with E-state index in [0.717, 1.165) is 54.0 Å². The number of ether oxygens (including phenoxy) is 1. The van der Waals surface area contributed by atoms with Crippen molar-refractivity contribution >= 4 is 40.5 Å². The van der Waals surface area contributed by atoms with E-state index in [-0.39, 0.29) is 11.9 Å². The van der Waals surface area contributed by atoms with Crippen LogP contribution >= 0.6 is 22.9 Å². The molecule has 0 saturated carbocycles. The molecule has 2 aromatic rings. The van der Waals surface area contributed by atoms with Crippen molar-refractivity contribution < 1.29 is 18.8 Å². The molecule has 0 spiro atoms. The van der Waals surface area contributed by atoms with Crippen LogP contribution in [-0.2, 0) is 16.1 Å². The minimum absolute atomic E-state index is 0.0278. The zero-order valence-corrected chi connectivity index (χ0v) is 19.4. The summed E-state index contributed by atoms with van der Waals surface area (Å²) in [4.78, 5) is 26.1. The van der Waals surface area contributed by atoms with Crippen LogP contribution in [0.4, 0.5) is 5.69 Å². The summed E-state index contributed by atoms with van der Waals surface area (Å²) >= 11 is 7.37. The van der Waals surface area contributed by atoms with Gasteiger partial charge in [-0.05, 0) is 49.3 Å². The summed E-state index contributed by atoms with van der Waals surface area (Å²) in [6.45, 7) is 6.72. The number of thiophene rings is 1. The third-order valence-electron chi connectivity index (χ3n) is 6.06. The van der Waals surface area contributed by atoms with Gasteiger partial charge < -0.3 is 14.5 Å². The second-order valence-electron chi connectivity index (χ2n) is 8.04. The molecule has 0 aliphatic carbocycles. The van der Waals surface area contributed by atoms with E-state index in [0.29, 0.717) is 10.6 Å². The SMILES string of the molecule is CCC(C(=O)Nc1c(C)csc1C(=O)OC)[N+]1(Cc2ccc(Cl)cc2)CCCCC1. The molecule has 30 heavy (non-hydrogen) atoms. The second kappa shape index (κ2) is 9.94. The summed E-state index contributed by atoms with van der Waals surface area (Å²) in [5.41, 5.74) is 2.65. The van der Waals surface area contributed by atoms with Crippen molar-refractivity contribution in [1.82, 2.24) is 0 Å². The predicted molar refractivity (Wildman–Crippen MR) is 122 cm³/mol. The predicted octanol–water partition coefficient (Wildman–Crippen LogP) is 5.41. The Kier molecular flexibility index (Phi) is 7.55. The molecule has 1 unspecified atom stereocenters. The van der Waals surface area contributed by atoms with Crippen LogP contribution in [0.15, 0.2) is 29.6 Å². The quantitative estimate of drug-likeness (QED) is 0.454.